The third-order valence-corrected chi connectivity index (χ3v) is 7.02. The first-order chi connectivity index (χ1) is 20.5. The molecule has 1 atom stereocenters. The highest BCUT2D eigenvalue weighted by Crippen LogP contribution is 2.26. The number of nitrogens with zero attached hydrogens (tertiary/aromatic N) is 1. The molecule has 4 aromatic carbocycles. The Morgan fingerprint density at radius 1 is 0.884 bits per heavy atom. The number of hydrogen-bond donors (Lipinski definition) is 2. The Labute approximate surface area is 257 Å². The quantitative estimate of drug-likeness (QED) is 0.168. The molecule has 2 N–H and O–H groups in total. The number of para-hydroxylation sites is 1. The third-order valence-electron chi connectivity index (χ3n) is 6.79. The molecule has 0 saturated carbocycles. The van der Waals surface area contributed by atoms with Gasteiger partial charge < -0.3 is 20.1 Å². The maximum absolute atomic E-state index is 13.1. The second-order valence-corrected chi connectivity index (χ2v) is 11.6. The summed E-state index contributed by atoms with van der Waals surface area (Å²) in [6, 6.07) is 29.1. The molecule has 222 valence electrons. The molecule has 0 aliphatic carbocycles. The van der Waals surface area contributed by atoms with E-state index >= 15 is 0 Å². The van der Waals surface area contributed by atoms with Crippen LogP contribution in [-0.4, -0.2) is 42.0 Å². The number of ether oxygens (including phenoxy) is 1. The summed E-state index contributed by atoms with van der Waals surface area (Å²) < 4.78 is 5.94. The van der Waals surface area contributed by atoms with Crippen LogP contribution < -0.4 is 15.0 Å². The minimum atomic E-state index is -1.04. The zero-order valence-corrected chi connectivity index (χ0v) is 25.2. The summed E-state index contributed by atoms with van der Waals surface area (Å²) in [6.07, 6.45) is 0.187. The van der Waals surface area contributed by atoms with Crippen LogP contribution in [0.15, 0.2) is 103 Å². The lowest BCUT2D eigenvalue weighted by Crippen LogP contribution is -2.41. The lowest BCUT2D eigenvalue weighted by atomic mass is 9.94. The molecule has 0 unspecified atom stereocenters. The molecule has 0 fully saturated rings. The van der Waals surface area contributed by atoms with E-state index in [1.807, 2.05) is 45.0 Å². The van der Waals surface area contributed by atoms with Crippen LogP contribution in [0.25, 0.3) is 0 Å². The maximum Gasteiger partial charge on any atom is 0.326 e. The molecule has 43 heavy (non-hydrogen) atoms. The van der Waals surface area contributed by atoms with Crippen molar-refractivity contribution in [2.45, 2.75) is 33.2 Å². The summed E-state index contributed by atoms with van der Waals surface area (Å²) >= 11 is 6.17. The van der Waals surface area contributed by atoms with Gasteiger partial charge >= 0.3 is 5.97 Å². The summed E-state index contributed by atoms with van der Waals surface area (Å²) in [5.74, 6) is -0.677. The number of aliphatic carboxylic acids is 1. The van der Waals surface area contributed by atoms with Gasteiger partial charge in [-0.1, -0.05) is 93.0 Å². The normalized spacial score (nSPS) is 11.8. The predicted molar refractivity (Wildman–Crippen MR) is 170 cm³/mol. The fourth-order valence-electron chi connectivity index (χ4n) is 4.55. The highest BCUT2D eigenvalue weighted by atomic mass is 35.5. The molecular formula is C35H35ClN2O5. The van der Waals surface area contributed by atoms with E-state index in [1.54, 1.807) is 83.8 Å². The standard InChI is InChI=1S/C35H35ClN2O5/c1-35(2,3)34(42)38(27-13-9-12-26(36)23-27)20-21-43-28-18-16-24(17-19-28)22-31(33(40)41)37-30-15-8-7-14-29(30)32(39)25-10-5-4-6-11-25/h4-19,23,31,37H,20-22H2,1-3H3,(H,40,41)/t31-/m0/s1. The molecule has 7 nitrogen and oxygen atoms in total. The largest absolute Gasteiger partial charge is 0.492 e. The van der Waals surface area contributed by atoms with Crippen molar-refractivity contribution in [1.29, 1.82) is 0 Å². The monoisotopic (exact) mass is 598 g/mol. The summed E-state index contributed by atoms with van der Waals surface area (Å²) in [5.41, 5.74) is 2.28. The van der Waals surface area contributed by atoms with E-state index < -0.39 is 17.4 Å². The molecule has 4 aromatic rings. The number of hydrogen-bond acceptors (Lipinski definition) is 5. The molecular weight excluding hydrogens is 564 g/mol. The average molecular weight is 599 g/mol. The molecule has 1 amide bonds. The van der Waals surface area contributed by atoms with Gasteiger partial charge in [0.25, 0.3) is 0 Å². The van der Waals surface area contributed by atoms with Crippen molar-refractivity contribution in [2.24, 2.45) is 5.41 Å². The molecule has 4 rings (SSSR count). The Morgan fingerprint density at radius 3 is 2.21 bits per heavy atom. The summed E-state index contributed by atoms with van der Waals surface area (Å²) in [6.45, 7) is 6.17. The van der Waals surface area contributed by atoms with Gasteiger partial charge in [0, 0.05) is 39.4 Å². The van der Waals surface area contributed by atoms with E-state index in [0.29, 0.717) is 39.8 Å². The Hall–Kier alpha value is -4.62. The van der Waals surface area contributed by atoms with Crippen LogP contribution in [-0.2, 0) is 16.0 Å². The van der Waals surface area contributed by atoms with Crippen LogP contribution in [0, 0.1) is 5.41 Å². The van der Waals surface area contributed by atoms with Gasteiger partial charge in [-0.15, -0.1) is 0 Å². The Kier molecular flexibility index (Phi) is 10.2. The average Bonchev–Trinajstić information content (AvgIpc) is 2.99. The predicted octanol–water partition coefficient (Wildman–Crippen LogP) is 7.14. The summed E-state index contributed by atoms with van der Waals surface area (Å²) in [7, 11) is 0. The number of carbonyl (C=O) groups excluding carboxylic acids is 2. The Balaban J connectivity index is 1.40. The minimum absolute atomic E-state index is 0.0482. The van der Waals surface area contributed by atoms with Crippen LogP contribution in [0.5, 0.6) is 5.75 Å². The first kappa shape index (κ1) is 31.3. The van der Waals surface area contributed by atoms with E-state index in [4.69, 9.17) is 16.3 Å². The number of amides is 1. The highest BCUT2D eigenvalue weighted by molar-refractivity contribution is 6.31. The lowest BCUT2D eigenvalue weighted by Gasteiger charge is -2.29. The van der Waals surface area contributed by atoms with E-state index in [-0.39, 0.29) is 24.7 Å². The van der Waals surface area contributed by atoms with Gasteiger partial charge in [-0.2, -0.15) is 0 Å². The van der Waals surface area contributed by atoms with Crippen molar-refractivity contribution in [2.75, 3.05) is 23.4 Å². The van der Waals surface area contributed by atoms with Crippen molar-refractivity contribution in [3.05, 3.63) is 125 Å². The first-order valence-electron chi connectivity index (χ1n) is 14.0. The summed E-state index contributed by atoms with van der Waals surface area (Å²) in [5, 5.41) is 13.6. The number of carboxylic acids is 1. The van der Waals surface area contributed by atoms with Crippen molar-refractivity contribution >= 4 is 40.6 Å². The Morgan fingerprint density at radius 2 is 1.56 bits per heavy atom. The van der Waals surface area contributed by atoms with E-state index in [2.05, 4.69) is 5.32 Å². The van der Waals surface area contributed by atoms with Crippen molar-refractivity contribution in [3.63, 3.8) is 0 Å². The zero-order chi connectivity index (χ0) is 31.0. The van der Waals surface area contributed by atoms with Gasteiger partial charge in [-0.25, -0.2) is 4.79 Å². The highest BCUT2D eigenvalue weighted by Gasteiger charge is 2.28. The number of halogens is 1. The van der Waals surface area contributed by atoms with E-state index in [0.717, 1.165) is 5.56 Å². The van der Waals surface area contributed by atoms with Gasteiger partial charge in [0.05, 0.1) is 6.54 Å². The number of nitrogens with one attached hydrogen (secondary N) is 1. The van der Waals surface area contributed by atoms with Gasteiger partial charge in [-0.3, -0.25) is 9.59 Å². The number of rotatable bonds is 12. The molecule has 0 heterocycles. The third kappa shape index (κ3) is 8.46. The zero-order valence-electron chi connectivity index (χ0n) is 24.4. The van der Waals surface area contributed by atoms with Gasteiger partial charge in [0.15, 0.2) is 5.78 Å². The number of carbonyl (C=O) groups is 3. The van der Waals surface area contributed by atoms with Crippen LogP contribution in [0.2, 0.25) is 5.02 Å². The molecule has 0 bridgehead atoms. The molecule has 8 heteroatoms. The molecule has 0 aliphatic heterocycles. The molecule has 0 aliphatic rings. The van der Waals surface area contributed by atoms with Crippen LogP contribution in [0.1, 0.15) is 42.3 Å². The Bertz CT molecular complexity index is 1570. The fraction of sp³-hybridized carbons (Fsp3) is 0.229. The minimum Gasteiger partial charge on any atom is -0.492 e. The second kappa shape index (κ2) is 14.0. The van der Waals surface area contributed by atoms with Gasteiger partial charge in [0.1, 0.15) is 18.4 Å². The molecule has 0 spiro atoms. The second-order valence-electron chi connectivity index (χ2n) is 11.2. The van der Waals surface area contributed by atoms with Crippen molar-refractivity contribution in [3.8, 4) is 5.75 Å². The summed E-state index contributed by atoms with van der Waals surface area (Å²) in [4.78, 5) is 40.1. The smallest absolute Gasteiger partial charge is 0.326 e. The number of carboxylic acid groups (broad SMARTS) is 1. The first-order valence-corrected chi connectivity index (χ1v) is 14.4. The number of anilines is 2. The SMILES string of the molecule is CC(C)(C)C(=O)N(CCOc1ccc(C[C@H](Nc2ccccc2C(=O)c2ccccc2)C(=O)O)cc1)c1cccc(Cl)c1. The lowest BCUT2D eigenvalue weighted by molar-refractivity contribution is -0.137. The van der Waals surface area contributed by atoms with Crippen LogP contribution in [0.3, 0.4) is 0 Å². The van der Waals surface area contributed by atoms with E-state index in [1.165, 1.54) is 0 Å². The van der Waals surface area contributed by atoms with Crippen LogP contribution >= 0.6 is 11.6 Å². The number of benzene rings is 4. The maximum atomic E-state index is 13.1. The molecule has 0 saturated heterocycles. The molecule has 0 aromatic heterocycles. The van der Waals surface area contributed by atoms with Crippen molar-refractivity contribution < 1.29 is 24.2 Å². The molecule has 0 radical (unpaired) electrons. The fourth-order valence-corrected chi connectivity index (χ4v) is 4.73. The van der Waals surface area contributed by atoms with Crippen molar-refractivity contribution in [1.82, 2.24) is 0 Å². The number of ketones is 1. The van der Waals surface area contributed by atoms with Crippen LogP contribution in [0.4, 0.5) is 11.4 Å². The topological polar surface area (TPSA) is 95.9 Å². The van der Waals surface area contributed by atoms with Gasteiger partial charge in [0.2, 0.25) is 5.91 Å². The van der Waals surface area contributed by atoms with Gasteiger partial charge in [-0.05, 0) is 48.0 Å². The van der Waals surface area contributed by atoms with E-state index in [9.17, 15) is 19.5 Å².